The van der Waals surface area contributed by atoms with Crippen LogP contribution in [0.5, 0.6) is 0 Å². The van der Waals surface area contributed by atoms with Gasteiger partial charge in [0.05, 0.1) is 22.3 Å². The molecule has 18 heteroatoms. The molecule has 0 saturated carbocycles. The van der Waals surface area contributed by atoms with E-state index in [0.717, 1.165) is 20.3 Å². The van der Waals surface area contributed by atoms with Crippen molar-refractivity contribution in [3.8, 4) is 0 Å². The third-order valence-corrected chi connectivity index (χ3v) is 14.5. The summed E-state index contributed by atoms with van der Waals surface area (Å²) in [6.45, 7) is 8.95. The van der Waals surface area contributed by atoms with E-state index in [-0.39, 0.29) is 39.8 Å². The van der Waals surface area contributed by atoms with E-state index in [0.29, 0.717) is 7.14 Å². The van der Waals surface area contributed by atoms with Crippen molar-refractivity contribution in [2.24, 2.45) is 0 Å². The highest BCUT2D eigenvalue weighted by molar-refractivity contribution is 14.1. The predicted octanol–water partition coefficient (Wildman–Crippen LogP) is 8.49. The predicted molar refractivity (Wildman–Crippen MR) is 247 cm³/mol. The third-order valence-electron chi connectivity index (χ3n) is 7.20. The maximum Gasteiger partial charge on any atom is 0.339 e. The molecule has 0 aliphatic heterocycles. The fraction of sp³-hybridized carbons (Fsp3) is 0.222. The summed E-state index contributed by atoms with van der Waals surface area (Å²) in [5.74, 6) is -6.30. The fourth-order valence-electron chi connectivity index (χ4n) is 4.70. The summed E-state index contributed by atoms with van der Waals surface area (Å²) < 4.78 is 26.7. The van der Waals surface area contributed by atoms with Gasteiger partial charge in [-0.3, -0.25) is 0 Å². The van der Waals surface area contributed by atoms with Crippen LogP contribution < -0.4 is 0 Å². The molecule has 0 aliphatic rings. The average molecular weight is 1410 g/mol. The molecule has 0 bridgehead atoms. The van der Waals surface area contributed by atoms with Crippen molar-refractivity contribution in [2.45, 2.75) is 38.9 Å². The van der Waals surface area contributed by atoms with E-state index >= 15 is 0 Å². The molecule has 2 atom stereocenters. The summed E-state index contributed by atoms with van der Waals surface area (Å²) in [7, 11) is 0. The SMILES string of the molecule is C=C(C)C(=O)OCC(Cc1ccc(C(=O)O)c(C(=O)O)c1CC(COC(=O)C(=C)C)OC(=O)c1cc(I)cc(I)c1I)OC(=O)c1cc(I)cc(I)c1I. The lowest BCUT2D eigenvalue weighted by Crippen LogP contribution is -2.31. The monoisotopic (exact) mass is 1410 g/mol. The van der Waals surface area contributed by atoms with Crippen molar-refractivity contribution in [1.29, 1.82) is 0 Å². The molecule has 2 unspecified atom stereocenters. The van der Waals surface area contributed by atoms with Gasteiger partial charge in [0.25, 0.3) is 0 Å². The van der Waals surface area contributed by atoms with E-state index in [1.165, 1.54) is 19.9 Å². The van der Waals surface area contributed by atoms with Crippen molar-refractivity contribution in [1.82, 2.24) is 0 Å². The molecule has 3 aromatic carbocycles. The summed E-state index contributed by atoms with van der Waals surface area (Å²) >= 11 is 12.3. The number of esters is 4. The molecular weight excluding hydrogens is 1390 g/mol. The summed E-state index contributed by atoms with van der Waals surface area (Å²) in [6, 6.07) is 9.38. The highest BCUT2D eigenvalue weighted by Gasteiger charge is 2.31. The Labute approximate surface area is 391 Å². The number of benzene rings is 3. The van der Waals surface area contributed by atoms with E-state index in [1.54, 1.807) is 12.1 Å². The molecule has 0 radical (unpaired) electrons. The van der Waals surface area contributed by atoms with Gasteiger partial charge in [0.2, 0.25) is 0 Å². The van der Waals surface area contributed by atoms with Gasteiger partial charge in [-0.05, 0) is 191 Å². The number of aromatic carboxylic acids is 2. The number of hydrogen-bond donors (Lipinski definition) is 2. The first-order valence-corrected chi connectivity index (χ1v) is 21.7. The normalized spacial score (nSPS) is 11.9. The fourth-order valence-corrected chi connectivity index (χ4v) is 9.46. The van der Waals surface area contributed by atoms with Gasteiger partial charge in [-0.1, -0.05) is 19.2 Å². The van der Waals surface area contributed by atoms with Crippen LogP contribution in [0.2, 0.25) is 0 Å². The van der Waals surface area contributed by atoms with E-state index in [4.69, 9.17) is 18.9 Å². The van der Waals surface area contributed by atoms with Crippen LogP contribution in [-0.4, -0.2) is 71.5 Å². The molecule has 0 aromatic heterocycles. The molecule has 3 aromatic rings. The molecule has 0 heterocycles. The topological polar surface area (TPSA) is 180 Å². The number of halogens is 6. The molecule has 2 N–H and O–H groups in total. The van der Waals surface area contributed by atoms with Crippen LogP contribution >= 0.6 is 136 Å². The van der Waals surface area contributed by atoms with Gasteiger partial charge >= 0.3 is 35.8 Å². The summed E-state index contributed by atoms with van der Waals surface area (Å²) in [5.41, 5.74) is -0.577. The second-order valence-corrected chi connectivity index (χ2v) is 18.4. The molecule has 0 aliphatic carbocycles. The van der Waals surface area contributed by atoms with Crippen molar-refractivity contribution < 1.29 is 57.9 Å². The lowest BCUT2D eigenvalue weighted by atomic mass is 9.89. The first-order valence-electron chi connectivity index (χ1n) is 15.2. The quantitative estimate of drug-likeness (QED) is 0.0460. The third kappa shape index (κ3) is 12.9. The van der Waals surface area contributed by atoms with Crippen LogP contribution in [0.15, 0.2) is 60.7 Å². The number of carboxylic acids is 2. The molecule has 0 saturated heterocycles. The minimum Gasteiger partial charge on any atom is -0.478 e. The number of carbonyl (C=O) groups excluding carboxylic acids is 4. The van der Waals surface area contributed by atoms with Gasteiger partial charge < -0.3 is 29.2 Å². The number of hydrogen-bond acceptors (Lipinski definition) is 10. The maximum atomic E-state index is 13.6. The van der Waals surface area contributed by atoms with Gasteiger partial charge in [0.15, 0.2) is 0 Å². The lowest BCUT2D eigenvalue weighted by molar-refractivity contribution is -0.142. The van der Waals surface area contributed by atoms with Crippen LogP contribution in [0.4, 0.5) is 0 Å². The van der Waals surface area contributed by atoms with Crippen molar-refractivity contribution >= 4 is 171 Å². The Bertz CT molecular complexity index is 2060. The zero-order valence-corrected chi connectivity index (χ0v) is 41.1. The van der Waals surface area contributed by atoms with Crippen LogP contribution in [0.25, 0.3) is 0 Å². The standard InChI is InChI=1S/C36H28I6O12/c1-15(2)33(47)51-13-20(53-35(49)24-8-18(37)10-26(39)29(24)41)7-17-5-6-22(31(43)44)28(32(45)46)23(17)12-21(14-52-34(48)16(3)4)54-36(50)25-9-19(38)11-27(40)30(25)42/h5-6,8-11,20-21H,1,3,7,12-14H2,2,4H3,(H,43,44)(H,45,46). The van der Waals surface area contributed by atoms with Crippen LogP contribution in [0.1, 0.15) is 66.4 Å². The van der Waals surface area contributed by atoms with Crippen molar-refractivity contribution in [3.63, 3.8) is 0 Å². The van der Waals surface area contributed by atoms with Gasteiger partial charge in [0, 0.05) is 45.4 Å². The molecule has 0 fully saturated rings. The maximum absolute atomic E-state index is 13.6. The Hall–Kier alpha value is -1.66. The first-order chi connectivity index (χ1) is 25.2. The molecule has 12 nitrogen and oxygen atoms in total. The van der Waals surface area contributed by atoms with Gasteiger partial charge in [0.1, 0.15) is 25.4 Å². The zero-order chi connectivity index (χ0) is 40.6. The zero-order valence-electron chi connectivity index (χ0n) is 28.1. The van der Waals surface area contributed by atoms with Crippen molar-refractivity contribution in [3.05, 3.63) is 116 Å². The smallest absolute Gasteiger partial charge is 0.339 e. The molecule has 3 rings (SSSR count). The number of carbonyl (C=O) groups is 6. The molecular formula is C36H28I6O12. The Balaban J connectivity index is 2.18. The average Bonchev–Trinajstić information content (AvgIpc) is 3.08. The van der Waals surface area contributed by atoms with E-state index in [1.807, 2.05) is 79.9 Å². The van der Waals surface area contributed by atoms with Gasteiger partial charge in [-0.25, -0.2) is 28.8 Å². The van der Waals surface area contributed by atoms with E-state index in [9.17, 15) is 39.0 Å². The second-order valence-electron chi connectivity index (χ2n) is 11.5. The van der Waals surface area contributed by atoms with E-state index in [2.05, 4.69) is 80.9 Å². The summed E-state index contributed by atoms with van der Waals surface area (Å²) in [6.07, 6.45) is -3.29. The summed E-state index contributed by atoms with van der Waals surface area (Å²) in [4.78, 5) is 77.2. The molecule has 0 spiro atoms. The number of ether oxygens (including phenoxy) is 4. The largest absolute Gasteiger partial charge is 0.478 e. The van der Waals surface area contributed by atoms with Crippen LogP contribution in [0.3, 0.4) is 0 Å². The Morgan fingerprint density at radius 2 is 1.06 bits per heavy atom. The highest BCUT2D eigenvalue weighted by Crippen LogP contribution is 2.29. The first kappa shape index (κ1) is 46.7. The lowest BCUT2D eigenvalue weighted by Gasteiger charge is -2.24. The number of carboxylic acid groups (broad SMARTS) is 2. The summed E-state index contributed by atoms with van der Waals surface area (Å²) in [5, 5.41) is 20.4. The van der Waals surface area contributed by atoms with Crippen LogP contribution in [-0.2, 0) is 41.4 Å². The van der Waals surface area contributed by atoms with Crippen molar-refractivity contribution in [2.75, 3.05) is 13.2 Å². The number of rotatable bonds is 16. The van der Waals surface area contributed by atoms with Gasteiger partial charge in [-0.2, -0.15) is 0 Å². The Kier molecular flexibility index (Phi) is 18.3. The molecule has 286 valence electrons. The Morgan fingerprint density at radius 1 is 0.630 bits per heavy atom. The van der Waals surface area contributed by atoms with Crippen LogP contribution in [0, 0.1) is 21.4 Å². The second kappa shape index (κ2) is 21.2. The minimum atomic E-state index is -1.61. The molecule has 54 heavy (non-hydrogen) atoms. The van der Waals surface area contributed by atoms with E-state index < -0.39 is 78.8 Å². The minimum absolute atomic E-state index is 0.0491. The van der Waals surface area contributed by atoms with Gasteiger partial charge in [-0.15, -0.1) is 0 Å². The molecule has 0 amide bonds. The Morgan fingerprint density at radius 3 is 1.44 bits per heavy atom. The highest BCUT2D eigenvalue weighted by atomic mass is 127.